The first kappa shape index (κ1) is 16.1. The highest BCUT2D eigenvalue weighted by molar-refractivity contribution is 8.00. The first-order chi connectivity index (χ1) is 10.2. The number of aromatic nitrogens is 2. The Kier molecular flexibility index (Phi) is 6.35. The number of hydrogen-bond acceptors (Lipinski definition) is 5. The molecular weight excluding hydrogens is 286 g/mol. The summed E-state index contributed by atoms with van der Waals surface area (Å²) in [5, 5.41) is 7.90. The van der Waals surface area contributed by atoms with E-state index in [0.29, 0.717) is 29.9 Å². The fourth-order valence-electron chi connectivity index (χ4n) is 2.28. The SMILES string of the molecule is CCNC(=NCCc1nc(C)no1)N1CCSC(CC)C1. The lowest BCUT2D eigenvalue weighted by molar-refractivity contribution is 0.375. The van der Waals surface area contributed by atoms with E-state index in [9.17, 15) is 0 Å². The van der Waals surface area contributed by atoms with Crippen LogP contribution in [0.1, 0.15) is 32.0 Å². The molecule has 0 radical (unpaired) electrons. The van der Waals surface area contributed by atoms with E-state index >= 15 is 0 Å². The topological polar surface area (TPSA) is 66.5 Å². The fraction of sp³-hybridized carbons (Fsp3) is 0.786. The summed E-state index contributed by atoms with van der Waals surface area (Å²) >= 11 is 2.07. The van der Waals surface area contributed by atoms with Crippen molar-refractivity contribution in [2.75, 3.05) is 31.9 Å². The molecule has 7 heteroatoms. The Morgan fingerprint density at radius 3 is 3.05 bits per heavy atom. The standard InChI is InChI=1S/C14H25N5OS/c1-4-12-10-19(8-9-21-12)14(15-5-2)16-7-6-13-17-11(3)18-20-13/h12H,4-10H2,1-3H3,(H,15,16). The van der Waals surface area contributed by atoms with E-state index in [1.807, 2.05) is 6.92 Å². The van der Waals surface area contributed by atoms with Gasteiger partial charge >= 0.3 is 0 Å². The van der Waals surface area contributed by atoms with Crippen molar-refractivity contribution in [3.8, 4) is 0 Å². The van der Waals surface area contributed by atoms with Crippen LogP contribution in [0.15, 0.2) is 9.52 Å². The summed E-state index contributed by atoms with van der Waals surface area (Å²) < 4.78 is 5.12. The first-order valence-corrected chi connectivity index (χ1v) is 8.71. The van der Waals surface area contributed by atoms with Crippen molar-refractivity contribution in [1.29, 1.82) is 0 Å². The molecule has 1 aromatic rings. The fourth-order valence-corrected chi connectivity index (χ4v) is 3.46. The Hall–Kier alpha value is -1.24. The summed E-state index contributed by atoms with van der Waals surface area (Å²) in [5.41, 5.74) is 0. The number of guanidine groups is 1. The molecule has 0 amide bonds. The molecule has 0 aliphatic carbocycles. The van der Waals surface area contributed by atoms with Crippen LogP contribution >= 0.6 is 11.8 Å². The molecule has 1 aromatic heterocycles. The molecule has 1 fully saturated rings. The lowest BCUT2D eigenvalue weighted by atomic mass is 10.3. The second-order valence-electron chi connectivity index (χ2n) is 5.07. The third kappa shape index (κ3) is 4.91. The molecule has 2 heterocycles. The maximum Gasteiger partial charge on any atom is 0.228 e. The minimum absolute atomic E-state index is 0.660. The van der Waals surface area contributed by atoms with Crippen molar-refractivity contribution < 1.29 is 4.52 Å². The Bertz CT molecular complexity index is 462. The van der Waals surface area contributed by atoms with Crippen molar-refractivity contribution in [2.45, 2.75) is 38.9 Å². The van der Waals surface area contributed by atoms with E-state index < -0.39 is 0 Å². The van der Waals surface area contributed by atoms with Crippen LogP contribution in [-0.2, 0) is 6.42 Å². The monoisotopic (exact) mass is 311 g/mol. The number of nitrogens with zero attached hydrogens (tertiary/aromatic N) is 4. The number of nitrogens with one attached hydrogen (secondary N) is 1. The van der Waals surface area contributed by atoms with Gasteiger partial charge in [-0.15, -0.1) is 0 Å². The van der Waals surface area contributed by atoms with Crippen LogP contribution in [0.4, 0.5) is 0 Å². The number of aryl methyl sites for hydroxylation is 1. The van der Waals surface area contributed by atoms with E-state index in [1.54, 1.807) is 0 Å². The molecule has 0 spiro atoms. The lowest BCUT2D eigenvalue weighted by Gasteiger charge is -2.34. The molecule has 1 aliphatic heterocycles. The van der Waals surface area contributed by atoms with Gasteiger partial charge in [-0.3, -0.25) is 4.99 Å². The third-order valence-electron chi connectivity index (χ3n) is 3.39. The molecule has 1 atom stereocenters. The average Bonchev–Trinajstić information content (AvgIpc) is 2.92. The molecule has 1 saturated heterocycles. The number of hydrogen-bond donors (Lipinski definition) is 1. The van der Waals surface area contributed by atoms with Crippen LogP contribution in [0.5, 0.6) is 0 Å². The van der Waals surface area contributed by atoms with Crippen LogP contribution < -0.4 is 5.32 Å². The highest BCUT2D eigenvalue weighted by Gasteiger charge is 2.21. The maximum absolute atomic E-state index is 5.12. The zero-order valence-corrected chi connectivity index (χ0v) is 13.9. The van der Waals surface area contributed by atoms with E-state index in [-0.39, 0.29) is 0 Å². The van der Waals surface area contributed by atoms with Gasteiger partial charge in [0.15, 0.2) is 11.8 Å². The van der Waals surface area contributed by atoms with Crippen LogP contribution in [0.2, 0.25) is 0 Å². The van der Waals surface area contributed by atoms with Gasteiger partial charge in [-0.1, -0.05) is 12.1 Å². The summed E-state index contributed by atoms with van der Waals surface area (Å²) in [6.07, 6.45) is 1.90. The molecular formula is C14H25N5OS. The van der Waals surface area contributed by atoms with Crippen molar-refractivity contribution in [3.05, 3.63) is 11.7 Å². The van der Waals surface area contributed by atoms with E-state index in [2.05, 4.69) is 46.0 Å². The Balaban J connectivity index is 1.91. The predicted molar refractivity (Wildman–Crippen MR) is 86.8 cm³/mol. The van der Waals surface area contributed by atoms with Crippen LogP contribution in [-0.4, -0.2) is 58.2 Å². The first-order valence-electron chi connectivity index (χ1n) is 7.67. The lowest BCUT2D eigenvalue weighted by Crippen LogP contribution is -2.48. The molecule has 6 nitrogen and oxygen atoms in total. The Morgan fingerprint density at radius 1 is 1.52 bits per heavy atom. The van der Waals surface area contributed by atoms with Crippen LogP contribution in [0.3, 0.4) is 0 Å². The summed E-state index contributed by atoms with van der Waals surface area (Å²) in [5.74, 6) is 3.52. The van der Waals surface area contributed by atoms with Crippen molar-refractivity contribution in [2.24, 2.45) is 4.99 Å². The molecule has 1 aliphatic rings. The van der Waals surface area contributed by atoms with Gasteiger partial charge in [0, 0.05) is 37.1 Å². The predicted octanol–water partition coefficient (Wildman–Crippen LogP) is 1.71. The van der Waals surface area contributed by atoms with Crippen molar-refractivity contribution in [3.63, 3.8) is 0 Å². The molecule has 0 aromatic carbocycles. The van der Waals surface area contributed by atoms with Crippen LogP contribution in [0, 0.1) is 6.92 Å². The maximum atomic E-state index is 5.12. The normalized spacial score (nSPS) is 19.9. The smallest absolute Gasteiger partial charge is 0.228 e. The van der Waals surface area contributed by atoms with E-state index in [1.165, 1.54) is 12.2 Å². The molecule has 118 valence electrons. The zero-order chi connectivity index (χ0) is 15.1. The van der Waals surface area contributed by atoms with E-state index in [0.717, 1.165) is 25.6 Å². The quantitative estimate of drug-likeness (QED) is 0.660. The van der Waals surface area contributed by atoms with Gasteiger partial charge in [-0.05, 0) is 20.3 Å². The van der Waals surface area contributed by atoms with Crippen molar-refractivity contribution >= 4 is 17.7 Å². The van der Waals surface area contributed by atoms with Gasteiger partial charge in [-0.2, -0.15) is 16.7 Å². The summed E-state index contributed by atoms with van der Waals surface area (Å²) in [6, 6.07) is 0. The Morgan fingerprint density at radius 2 is 2.38 bits per heavy atom. The molecule has 1 N–H and O–H groups in total. The molecule has 2 rings (SSSR count). The molecule has 21 heavy (non-hydrogen) atoms. The van der Waals surface area contributed by atoms with E-state index in [4.69, 9.17) is 9.52 Å². The average molecular weight is 311 g/mol. The van der Waals surface area contributed by atoms with Gasteiger partial charge in [0.05, 0.1) is 6.54 Å². The summed E-state index contributed by atoms with van der Waals surface area (Å²) in [7, 11) is 0. The molecule has 0 bridgehead atoms. The largest absolute Gasteiger partial charge is 0.357 e. The zero-order valence-electron chi connectivity index (χ0n) is 13.1. The van der Waals surface area contributed by atoms with Gasteiger partial charge < -0.3 is 14.7 Å². The Labute approximate surface area is 130 Å². The minimum Gasteiger partial charge on any atom is -0.357 e. The number of aliphatic imine (C=N–C) groups is 1. The van der Waals surface area contributed by atoms with Gasteiger partial charge in [0.2, 0.25) is 5.89 Å². The highest BCUT2D eigenvalue weighted by atomic mass is 32.2. The highest BCUT2D eigenvalue weighted by Crippen LogP contribution is 2.21. The third-order valence-corrected chi connectivity index (χ3v) is 4.76. The molecule has 1 unspecified atom stereocenters. The number of thioether (sulfide) groups is 1. The van der Waals surface area contributed by atoms with Crippen molar-refractivity contribution in [1.82, 2.24) is 20.4 Å². The van der Waals surface area contributed by atoms with Gasteiger partial charge in [0.1, 0.15) is 0 Å². The summed E-state index contributed by atoms with van der Waals surface area (Å²) in [4.78, 5) is 11.3. The number of rotatable bonds is 5. The van der Waals surface area contributed by atoms with Gasteiger partial charge in [-0.25, -0.2) is 0 Å². The molecule has 0 saturated carbocycles. The second kappa shape index (κ2) is 8.26. The van der Waals surface area contributed by atoms with Crippen LogP contribution in [0.25, 0.3) is 0 Å². The minimum atomic E-state index is 0.660. The van der Waals surface area contributed by atoms with Gasteiger partial charge in [0.25, 0.3) is 0 Å². The second-order valence-corrected chi connectivity index (χ2v) is 6.48. The summed E-state index contributed by atoms with van der Waals surface area (Å²) in [6.45, 7) is 9.88.